The molecular weight excluding hydrogens is 170 g/mol. The molecule has 0 radical (unpaired) electrons. The molecule has 0 aliphatic rings. The predicted molar refractivity (Wildman–Crippen MR) is 48.2 cm³/mol. The first kappa shape index (κ1) is 9.05. The Kier molecular flexibility index (Phi) is 2.86. The molecule has 68 valence electrons. The molecule has 5 heteroatoms. The first-order valence-corrected chi connectivity index (χ1v) is 3.55. The van der Waals surface area contributed by atoms with Crippen molar-refractivity contribution in [1.29, 1.82) is 5.41 Å². The van der Waals surface area contributed by atoms with E-state index in [1.165, 1.54) is 12.3 Å². The molecule has 1 aromatic heterocycles. The number of hydrogen-bond donors (Lipinski definition) is 3. The quantitative estimate of drug-likeness (QED) is 0.465. The van der Waals surface area contributed by atoms with Gasteiger partial charge in [0.15, 0.2) is 0 Å². The molecule has 1 aromatic rings. The number of hydrogen-bond acceptors (Lipinski definition) is 3. The molecule has 4 N–H and O–H groups in total. The highest BCUT2D eigenvalue weighted by atomic mass is 16.3. The number of amides is 2. The van der Waals surface area contributed by atoms with E-state index in [0.29, 0.717) is 5.76 Å². The highest BCUT2D eigenvalue weighted by Gasteiger charge is 1.94. The predicted octanol–water partition coefficient (Wildman–Crippen LogP) is 0.938. The van der Waals surface area contributed by atoms with Crippen molar-refractivity contribution in [3.63, 3.8) is 0 Å². The molecule has 0 aliphatic heterocycles. The molecule has 1 heterocycles. The summed E-state index contributed by atoms with van der Waals surface area (Å²) >= 11 is 0. The van der Waals surface area contributed by atoms with Crippen LogP contribution in [0.5, 0.6) is 0 Å². The van der Waals surface area contributed by atoms with Gasteiger partial charge >= 0.3 is 6.03 Å². The fraction of sp³-hybridized carbons (Fsp3) is 0. The summed E-state index contributed by atoms with van der Waals surface area (Å²) in [7, 11) is 0. The Balaban J connectivity index is 2.49. The molecule has 0 aromatic carbocycles. The molecule has 0 fully saturated rings. The maximum Gasteiger partial charge on any atom is 0.317 e. The SMILES string of the molecule is N=C(C=Cc1ccco1)NC(N)=O. The minimum Gasteiger partial charge on any atom is -0.465 e. The maximum atomic E-state index is 10.3. The second-order valence-electron chi connectivity index (χ2n) is 2.25. The van der Waals surface area contributed by atoms with Gasteiger partial charge in [0.05, 0.1) is 6.26 Å². The van der Waals surface area contributed by atoms with Gasteiger partial charge in [-0.15, -0.1) is 0 Å². The summed E-state index contributed by atoms with van der Waals surface area (Å²) < 4.78 is 4.96. The van der Waals surface area contributed by atoms with Crippen LogP contribution in [0.2, 0.25) is 0 Å². The van der Waals surface area contributed by atoms with Crippen LogP contribution in [0.1, 0.15) is 5.76 Å². The molecule has 2 amide bonds. The fourth-order valence-electron chi connectivity index (χ4n) is 0.726. The van der Waals surface area contributed by atoms with Gasteiger partial charge in [-0.2, -0.15) is 0 Å². The summed E-state index contributed by atoms with van der Waals surface area (Å²) in [5.74, 6) is 0.528. The lowest BCUT2D eigenvalue weighted by Crippen LogP contribution is -2.33. The van der Waals surface area contributed by atoms with Crippen molar-refractivity contribution >= 4 is 17.9 Å². The fourth-order valence-corrected chi connectivity index (χ4v) is 0.726. The Morgan fingerprint density at radius 1 is 1.69 bits per heavy atom. The second-order valence-corrected chi connectivity index (χ2v) is 2.25. The van der Waals surface area contributed by atoms with Crippen LogP contribution in [0, 0.1) is 5.41 Å². The summed E-state index contributed by atoms with van der Waals surface area (Å²) in [6.07, 6.45) is 4.45. The third-order valence-electron chi connectivity index (χ3n) is 1.22. The van der Waals surface area contributed by atoms with E-state index in [0.717, 1.165) is 0 Å². The average Bonchev–Trinajstić information content (AvgIpc) is 2.51. The molecule has 0 atom stereocenters. The van der Waals surface area contributed by atoms with Crippen LogP contribution in [-0.2, 0) is 0 Å². The molecule has 0 bridgehead atoms. The van der Waals surface area contributed by atoms with Crippen LogP contribution in [0.25, 0.3) is 6.08 Å². The minimum absolute atomic E-state index is 0.0797. The zero-order valence-electron chi connectivity index (χ0n) is 6.78. The number of primary amides is 1. The van der Waals surface area contributed by atoms with Gasteiger partial charge < -0.3 is 10.2 Å². The second kappa shape index (κ2) is 4.10. The molecule has 0 unspecified atom stereocenters. The monoisotopic (exact) mass is 179 g/mol. The zero-order valence-corrected chi connectivity index (χ0v) is 6.78. The molecule has 13 heavy (non-hydrogen) atoms. The van der Waals surface area contributed by atoms with Crippen molar-refractivity contribution in [1.82, 2.24) is 5.32 Å². The van der Waals surface area contributed by atoms with E-state index in [-0.39, 0.29) is 5.84 Å². The third-order valence-corrected chi connectivity index (χ3v) is 1.22. The number of amidine groups is 1. The smallest absolute Gasteiger partial charge is 0.317 e. The molecule has 5 nitrogen and oxygen atoms in total. The van der Waals surface area contributed by atoms with E-state index < -0.39 is 6.03 Å². The normalized spacial score (nSPS) is 10.2. The molecule has 0 spiro atoms. The van der Waals surface area contributed by atoms with Crippen LogP contribution in [0.15, 0.2) is 28.9 Å². The number of nitrogens with two attached hydrogens (primary N) is 1. The summed E-state index contributed by atoms with van der Waals surface area (Å²) in [5, 5.41) is 9.28. The van der Waals surface area contributed by atoms with Crippen LogP contribution in [-0.4, -0.2) is 11.9 Å². The average molecular weight is 179 g/mol. The lowest BCUT2D eigenvalue weighted by Gasteiger charge is -1.95. The molecule has 0 saturated heterocycles. The number of carbonyl (C=O) groups is 1. The lowest BCUT2D eigenvalue weighted by atomic mass is 10.4. The van der Waals surface area contributed by atoms with E-state index in [1.807, 2.05) is 0 Å². The Labute approximate surface area is 74.7 Å². The van der Waals surface area contributed by atoms with Gasteiger partial charge in [0, 0.05) is 0 Å². The van der Waals surface area contributed by atoms with Crippen molar-refractivity contribution in [3.05, 3.63) is 30.2 Å². The van der Waals surface area contributed by atoms with Crippen molar-refractivity contribution in [2.75, 3.05) is 0 Å². The third kappa shape index (κ3) is 3.24. The van der Waals surface area contributed by atoms with E-state index in [9.17, 15) is 4.79 Å². The number of urea groups is 1. The summed E-state index contributed by atoms with van der Waals surface area (Å²) in [6.45, 7) is 0. The van der Waals surface area contributed by atoms with Gasteiger partial charge in [-0.3, -0.25) is 10.7 Å². The topological polar surface area (TPSA) is 92.1 Å². The van der Waals surface area contributed by atoms with Gasteiger partial charge in [-0.05, 0) is 24.3 Å². The summed E-state index contributed by atoms with van der Waals surface area (Å²) in [5.41, 5.74) is 4.79. The zero-order chi connectivity index (χ0) is 9.68. The van der Waals surface area contributed by atoms with Gasteiger partial charge in [0.2, 0.25) is 0 Å². The Morgan fingerprint density at radius 3 is 3.00 bits per heavy atom. The number of rotatable bonds is 2. The molecular formula is C8H9N3O2. The standard InChI is InChI=1S/C8H9N3O2/c9-7(11-8(10)12)4-3-6-2-1-5-13-6/h1-5H,(H4,9,10,11,12). The largest absolute Gasteiger partial charge is 0.465 e. The summed E-state index contributed by atoms with van der Waals surface area (Å²) in [6, 6.07) is 2.70. The first-order chi connectivity index (χ1) is 6.18. The van der Waals surface area contributed by atoms with Gasteiger partial charge in [0.25, 0.3) is 0 Å². The number of furan rings is 1. The van der Waals surface area contributed by atoms with Crippen LogP contribution >= 0.6 is 0 Å². The maximum absolute atomic E-state index is 10.3. The Bertz CT molecular complexity index is 327. The van der Waals surface area contributed by atoms with Crippen molar-refractivity contribution in [2.24, 2.45) is 5.73 Å². The Morgan fingerprint density at radius 2 is 2.46 bits per heavy atom. The first-order valence-electron chi connectivity index (χ1n) is 3.55. The van der Waals surface area contributed by atoms with E-state index in [2.05, 4.69) is 5.32 Å². The van der Waals surface area contributed by atoms with Crippen LogP contribution in [0.3, 0.4) is 0 Å². The highest BCUT2D eigenvalue weighted by Crippen LogP contribution is 2.01. The van der Waals surface area contributed by atoms with Crippen molar-refractivity contribution < 1.29 is 9.21 Å². The van der Waals surface area contributed by atoms with Crippen LogP contribution in [0.4, 0.5) is 4.79 Å². The summed E-state index contributed by atoms with van der Waals surface area (Å²) in [4.78, 5) is 10.3. The molecule has 1 rings (SSSR count). The van der Waals surface area contributed by atoms with E-state index >= 15 is 0 Å². The number of carbonyl (C=O) groups excluding carboxylic acids is 1. The van der Waals surface area contributed by atoms with E-state index in [1.54, 1.807) is 18.2 Å². The van der Waals surface area contributed by atoms with Gasteiger partial charge in [-0.1, -0.05) is 0 Å². The van der Waals surface area contributed by atoms with E-state index in [4.69, 9.17) is 15.6 Å². The Hall–Kier alpha value is -2.04. The lowest BCUT2D eigenvalue weighted by molar-refractivity contribution is 0.253. The highest BCUT2D eigenvalue weighted by molar-refractivity contribution is 6.03. The number of nitrogens with one attached hydrogen (secondary N) is 2. The molecule has 0 saturated carbocycles. The molecule has 0 aliphatic carbocycles. The van der Waals surface area contributed by atoms with Crippen LogP contribution < -0.4 is 11.1 Å². The minimum atomic E-state index is -0.755. The van der Waals surface area contributed by atoms with Crippen molar-refractivity contribution in [2.45, 2.75) is 0 Å². The van der Waals surface area contributed by atoms with Gasteiger partial charge in [-0.25, -0.2) is 4.79 Å². The van der Waals surface area contributed by atoms with Gasteiger partial charge in [0.1, 0.15) is 11.6 Å². The van der Waals surface area contributed by atoms with Crippen molar-refractivity contribution in [3.8, 4) is 0 Å².